The summed E-state index contributed by atoms with van der Waals surface area (Å²) in [6.07, 6.45) is 6.60. The molecule has 1 fully saturated rings. The number of hydrogen-bond donors (Lipinski definition) is 1. The van der Waals surface area contributed by atoms with Crippen LogP contribution < -0.4 is 5.32 Å². The zero-order valence-electron chi connectivity index (χ0n) is 14.5. The van der Waals surface area contributed by atoms with Crippen molar-refractivity contribution in [1.82, 2.24) is 10.2 Å². The Hall–Kier alpha value is -1.55. The van der Waals surface area contributed by atoms with Crippen molar-refractivity contribution in [2.75, 3.05) is 19.7 Å². The molecule has 0 spiro atoms. The van der Waals surface area contributed by atoms with E-state index < -0.39 is 0 Å². The number of amides is 2. The number of benzene rings is 1. The molecule has 1 saturated carbocycles. The normalized spacial score (nSPS) is 15.4. The predicted octanol–water partition coefficient (Wildman–Crippen LogP) is 3.88. The number of urea groups is 1. The molecule has 0 radical (unpaired) electrons. The van der Waals surface area contributed by atoms with Gasteiger partial charge in [0.1, 0.15) is 0 Å². The number of nitrogens with one attached hydrogen (secondary N) is 1. The molecule has 0 aromatic heterocycles. The van der Waals surface area contributed by atoms with Crippen molar-refractivity contribution in [3.05, 3.63) is 35.4 Å². The van der Waals surface area contributed by atoms with Crippen molar-refractivity contribution >= 4 is 6.03 Å². The summed E-state index contributed by atoms with van der Waals surface area (Å²) < 4.78 is 5.98. The highest BCUT2D eigenvalue weighted by Gasteiger charge is 2.16. The minimum Gasteiger partial charge on any atom is -0.376 e. The summed E-state index contributed by atoms with van der Waals surface area (Å²) in [5.74, 6) is 0. The number of carbonyl (C=O) groups excluding carboxylic acids is 1. The quantitative estimate of drug-likeness (QED) is 0.829. The van der Waals surface area contributed by atoms with Crippen LogP contribution in [0.3, 0.4) is 0 Å². The van der Waals surface area contributed by atoms with Crippen LogP contribution in [0, 0.1) is 6.92 Å². The molecule has 0 bridgehead atoms. The van der Waals surface area contributed by atoms with Gasteiger partial charge in [0.05, 0.1) is 12.7 Å². The molecule has 1 aliphatic carbocycles. The lowest BCUT2D eigenvalue weighted by Crippen LogP contribution is -2.41. The van der Waals surface area contributed by atoms with Gasteiger partial charge >= 0.3 is 6.03 Å². The maximum atomic E-state index is 12.3. The molecule has 0 heterocycles. The van der Waals surface area contributed by atoms with Crippen molar-refractivity contribution in [3.8, 4) is 0 Å². The Morgan fingerprint density at radius 1 is 1.22 bits per heavy atom. The minimum absolute atomic E-state index is 0.0136. The first-order chi connectivity index (χ1) is 11.2. The molecule has 1 aromatic rings. The Morgan fingerprint density at radius 3 is 2.57 bits per heavy atom. The third-order valence-electron chi connectivity index (χ3n) is 4.38. The molecule has 4 heteroatoms. The Labute approximate surface area is 140 Å². The fourth-order valence-electron chi connectivity index (χ4n) is 2.99. The number of nitrogens with zero attached hydrogens (tertiary/aromatic N) is 1. The van der Waals surface area contributed by atoms with Gasteiger partial charge in [0.25, 0.3) is 0 Å². The van der Waals surface area contributed by atoms with Crippen LogP contribution in [-0.2, 0) is 11.3 Å². The fourth-order valence-corrected chi connectivity index (χ4v) is 2.99. The van der Waals surface area contributed by atoms with Crippen LogP contribution in [-0.4, -0.2) is 36.7 Å². The zero-order chi connectivity index (χ0) is 16.5. The zero-order valence-corrected chi connectivity index (χ0v) is 14.5. The van der Waals surface area contributed by atoms with Crippen molar-refractivity contribution in [2.45, 2.75) is 58.6 Å². The lowest BCUT2D eigenvalue weighted by atomic mass is 9.98. The summed E-state index contributed by atoms with van der Waals surface area (Å²) in [7, 11) is 0. The van der Waals surface area contributed by atoms with Crippen LogP contribution in [0.1, 0.15) is 50.2 Å². The van der Waals surface area contributed by atoms with Crippen molar-refractivity contribution in [1.29, 1.82) is 0 Å². The van der Waals surface area contributed by atoms with E-state index in [2.05, 4.69) is 36.5 Å². The van der Waals surface area contributed by atoms with Crippen LogP contribution >= 0.6 is 0 Å². The molecular weight excluding hydrogens is 288 g/mol. The maximum Gasteiger partial charge on any atom is 0.317 e. The molecule has 1 aliphatic rings. The average molecular weight is 318 g/mol. The van der Waals surface area contributed by atoms with Gasteiger partial charge in [-0.15, -0.1) is 0 Å². The largest absolute Gasteiger partial charge is 0.376 e. The molecule has 23 heavy (non-hydrogen) atoms. The van der Waals surface area contributed by atoms with E-state index in [0.717, 1.165) is 5.56 Å². The van der Waals surface area contributed by atoms with Crippen molar-refractivity contribution in [3.63, 3.8) is 0 Å². The standard InChI is InChI=1S/C19H30N2O2/c1-3-20-19(22)21(15-17-11-9-16(2)10-12-17)13-14-23-18-7-5-4-6-8-18/h9-12,18H,3-8,13-15H2,1-2H3,(H,20,22). The smallest absolute Gasteiger partial charge is 0.317 e. The predicted molar refractivity (Wildman–Crippen MR) is 93.5 cm³/mol. The molecule has 2 amide bonds. The number of ether oxygens (including phenoxy) is 1. The second-order valence-electron chi connectivity index (χ2n) is 6.37. The number of rotatable bonds is 7. The first-order valence-corrected chi connectivity index (χ1v) is 8.89. The summed E-state index contributed by atoms with van der Waals surface area (Å²) in [5, 5.41) is 2.90. The van der Waals surface area contributed by atoms with Gasteiger partial charge in [0, 0.05) is 19.6 Å². The highest BCUT2D eigenvalue weighted by Crippen LogP contribution is 2.20. The lowest BCUT2D eigenvalue weighted by molar-refractivity contribution is 0.0195. The van der Waals surface area contributed by atoms with Gasteiger partial charge in [-0.05, 0) is 32.3 Å². The number of hydrogen-bond acceptors (Lipinski definition) is 2. The van der Waals surface area contributed by atoms with E-state index in [1.807, 2.05) is 11.8 Å². The molecule has 0 atom stereocenters. The summed E-state index contributed by atoms with van der Waals surface area (Å²) >= 11 is 0. The Kier molecular flexibility index (Phi) is 7.40. The minimum atomic E-state index is -0.0136. The maximum absolute atomic E-state index is 12.3. The third-order valence-corrected chi connectivity index (χ3v) is 4.38. The van der Waals surface area contributed by atoms with Gasteiger partial charge in [-0.2, -0.15) is 0 Å². The first kappa shape index (κ1) is 17.8. The molecular formula is C19H30N2O2. The van der Waals surface area contributed by atoms with Crippen LogP contribution in [0.25, 0.3) is 0 Å². The second-order valence-corrected chi connectivity index (χ2v) is 6.37. The SMILES string of the molecule is CCNC(=O)N(CCOC1CCCCC1)Cc1ccc(C)cc1. The molecule has 128 valence electrons. The van der Waals surface area contributed by atoms with Crippen LogP contribution in [0.5, 0.6) is 0 Å². The molecule has 0 unspecified atom stereocenters. The average Bonchev–Trinajstić information content (AvgIpc) is 2.57. The number of carbonyl (C=O) groups is 1. The highest BCUT2D eigenvalue weighted by atomic mass is 16.5. The first-order valence-electron chi connectivity index (χ1n) is 8.89. The van der Waals surface area contributed by atoms with Crippen LogP contribution in [0.15, 0.2) is 24.3 Å². The topological polar surface area (TPSA) is 41.6 Å². The molecule has 4 nitrogen and oxygen atoms in total. The van der Waals surface area contributed by atoms with E-state index in [9.17, 15) is 4.79 Å². The van der Waals surface area contributed by atoms with Crippen LogP contribution in [0.4, 0.5) is 4.79 Å². The van der Waals surface area contributed by atoms with E-state index in [-0.39, 0.29) is 6.03 Å². The van der Waals surface area contributed by atoms with E-state index in [4.69, 9.17) is 4.74 Å². The molecule has 1 N–H and O–H groups in total. The molecule has 1 aromatic carbocycles. The molecule has 0 saturated heterocycles. The van der Waals surface area contributed by atoms with E-state index >= 15 is 0 Å². The Bertz CT molecular complexity index is 467. The summed E-state index contributed by atoms with van der Waals surface area (Å²) in [4.78, 5) is 14.1. The number of aryl methyl sites for hydroxylation is 1. The Morgan fingerprint density at radius 2 is 1.91 bits per heavy atom. The van der Waals surface area contributed by atoms with Crippen LogP contribution in [0.2, 0.25) is 0 Å². The lowest BCUT2D eigenvalue weighted by Gasteiger charge is -2.26. The van der Waals surface area contributed by atoms with Crippen molar-refractivity contribution in [2.24, 2.45) is 0 Å². The van der Waals surface area contributed by atoms with E-state index in [0.29, 0.717) is 32.3 Å². The van der Waals surface area contributed by atoms with Gasteiger partial charge in [-0.3, -0.25) is 0 Å². The summed E-state index contributed by atoms with van der Waals surface area (Å²) in [6.45, 7) is 6.54. The Balaban J connectivity index is 1.85. The summed E-state index contributed by atoms with van der Waals surface area (Å²) in [5.41, 5.74) is 2.39. The van der Waals surface area contributed by atoms with E-state index in [1.165, 1.54) is 37.7 Å². The van der Waals surface area contributed by atoms with Gasteiger partial charge in [-0.1, -0.05) is 49.1 Å². The van der Waals surface area contributed by atoms with Gasteiger partial charge in [0.2, 0.25) is 0 Å². The van der Waals surface area contributed by atoms with Gasteiger partial charge in [0.15, 0.2) is 0 Å². The second kappa shape index (κ2) is 9.56. The fraction of sp³-hybridized carbons (Fsp3) is 0.632. The third kappa shape index (κ3) is 6.22. The highest BCUT2D eigenvalue weighted by molar-refractivity contribution is 5.74. The summed E-state index contributed by atoms with van der Waals surface area (Å²) in [6, 6.07) is 8.33. The van der Waals surface area contributed by atoms with Gasteiger partial charge < -0.3 is 15.0 Å². The molecule has 2 rings (SSSR count). The van der Waals surface area contributed by atoms with E-state index in [1.54, 1.807) is 0 Å². The molecule has 0 aliphatic heterocycles. The monoisotopic (exact) mass is 318 g/mol. The van der Waals surface area contributed by atoms with Crippen molar-refractivity contribution < 1.29 is 9.53 Å². The van der Waals surface area contributed by atoms with Gasteiger partial charge in [-0.25, -0.2) is 4.79 Å².